The minimum absolute atomic E-state index is 0.0646. The molecule has 1 aromatic carbocycles. The van der Waals surface area contributed by atoms with Crippen molar-refractivity contribution in [2.75, 3.05) is 26.8 Å². The third-order valence-corrected chi connectivity index (χ3v) is 5.27. The van der Waals surface area contributed by atoms with E-state index in [2.05, 4.69) is 5.32 Å². The number of hydrogen-bond donors (Lipinski definition) is 1. The zero-order valence-corrected chi connectivity index (χ0v) is 16.3. The number of benzene rings is 1. The van der Waals surface area contributed by atoms with E-state index >= 15 is 0 Å². The molecule has 0 radical (unpaired) electrons. The monoisotopic (exact) mass is 374 g/mol. The number of hydrogen-bond acceptors (Lipinski definition) is 4. The first-order chi connectivity index (χ1) is 13.1. The van der Waals surface area contributed by atoms with Crippen molar-refractivity contribution in [1.29, 1.82) is 0 Å². The molecule has 1 saturated heterocycles. The number of rotatable bonds is 8. The van der Waals surface area contributed by atoms with Gasteiger partial charge in [0.25, 0.3) is 0 Å². The van der Waals surface area contributed by atoms with Crippen LogP contribution in [-0.2, 0) is 16.0 Å². The predicted molar refractivity (Wildman–Crippen MR) is 103 cm³/mol. The normalized spacial score (nSPS) is 17.5. The number of methoxy groups -OCH3 is 1. The lowest BCUT2D eigenvalue weighted by atomic mass is 10.0. The molecule has 6 nitrogen and oxygen atoms in total. The number of nitrogens with one attached hydrogen (secondary N) is 1. The fraction of sp³-hybridized carbons (Fsp3) is 0.619. The first kappa shape index (κ1) is 19.5. The molecule has 6 heteroatoms. The molecule has 1 aromatic rings. The maximum Gasteiger partial charge on any atom is 0.225 e. The molecule has 2 fully saturated rings. The van der Waals surface area contributed by atoms with Crippen LogP contribution in [0.4, 0.5) is 0 Å². The average molecular weight is 374 g/mol. The van der Waals surface area contributed by atoms with Gasteiger partial charge in [-0.2, -0.15) is 0 Å². The van der Waals surface area contributed by atoms with E-state index in [9.17, 15) is 9.59 Å². The van der Waals surface area contributed by atoms with Gasteiger partial charge in [0, 0.05) is 31.5 Å². The Bertz CT molecular complexity index is 664. The van der Waals surface area contributed by atoms with E-state index in [4.69, 9.17) is 9.47 Å². The second-order valence-corrected chi connectivity index (χ2v) is 7.36. The van der Waals surface area contributed by atoms with Gasteiger partial charge in [0.1, 0.15) is 0 Å². The summed E-state index contributed by atoms with van der Waals surface area (Å²) in [4.78, 5) is 26.3. The lowest BCUT2D eigenvalue weighted by molar-refractivity contribution is -0.133. The van der Waals surface area contributed by atoms with Crippen molar-refractivity contribution >= 4 is 11.8 Å². The maximum atomic E-state index is 12.3. The number of nitrogens with zero attached hydrogens (tertiary/aromatic N) is 1. The molecule has 0 unspecified atom stereocenters. The third-order valence-electron chi connectivity index (χ3n) is 5.27. The van der Waals surface area contributed by atoms with Crippen LogP contribution in [-0.4, -0.2) is 49.6 Å². The Kier molecular flexibility index (Phi) is 6.58. The fourth-order valence-corrected chi connectivity index (χ4v) is 3.53. The van der Waals surface area contributed by atoms with E-state index in [1.54, 1.807) is 7.11 Å². The molecule has 0 atom stereocenters. The zero-order valence-electron chi connectivity index (χ0n) is 16.3. The largest absolute Gasteiger partial charge is 0.493 e. The van der Waals surface area contributed by atoms with Crippen molar-refractivity contribution in [2.45, 2.75) is 51.5 Å². The molecule has 3 rings (SSSR count). The van der Waals surface area contributed by atoms with Gasteiger partial charge in [-0.15, -0.1) is 0 Å². The summed E-state index contributed by atoms with van der Waals surface area (Å²) < 4.78 is 10.9. The van der Waals surface area contributed by atoms with Crippen LogP contribution in [0, 0.1) is 5.92 Å². The summed E-state index contributed by atoms with van der Waals surface area (Å²) in [5, 5.41) is 3.12. The summed E-state index contributed by atoms with van der Waals surface area (Å²) in [5.41, 5.74) is 1.05. The SMILES string of the molecule is CCOc1ccc(CCC(=O)NC2CCN(C(=O)C3CC3)CC2)cc1OC. The van der Waals surface area contributed by atoms with Crippen LogP contribution in [0.5, 0.6) is 11.5 Å². The summed E-state index contributed by atoms with van der Waals surface area (Å²) in [7, 11) is 1.62. The summed E-state index contributed by atoms with van der Waals surface area (Å²) in [5.74, 6) is 2.07. The topological polar surface area (TPSA) is 67.9 Å². The molecule has 2 amide bonds. The quantitative estimate of drug-likeness (QED) is 0.759. The summed E-state index contributed by atoms with van der Waals surface area (Å²) in [6.07, 6.45) is 4.89. The van der Waals surface area contributed by atoms with E-state index in [0.717, 1.165) is 50.1 Å². The number of ether oxygens (including phenoxy) is 2. The molecule has 1 aliphatic carbocycles. The minimum atomic E-state index is 0.0646. The smallest absolute Gasteiger partial charge is 0.225 e. The first-order valence-electron chi connectivity index (χ1n) is 9.98. The van der Waals surface area contributed by atoms with Gasteiger partial charge in [-0.25, -0.2) is 0 Å². The van der Waals surface area contributed by atoms with E-state index in [1.807, 2.05) is 30.0 Å². The van der Waals surface area contributed by atoms with Gasteiger partial charge in [0.05, 0.1) is 13.7 Å². The predicted octanol–water partition coefficient (Wildman–Crippen LogP) is 2.54. The van der Waals surface area contributed by atoms with E-state index < -0.39 is 0 Å². The second-order valence-electron chi connectivity index (χ2n) is 7.36. The highest BCUT2D eigenvalue weighted by atomic mass is 16.5. The standard InChI is InChI=1S/C21H30N2O4/c1-3-27-18-8-4-15(14-19(18)26-2)5-9-20(24)22-17-10-12-23(13-11-17)21(25)16-6-7-16/h4,8,14,16-17H,3,5-7,9-13H2,1-2H3,(H,22,24). The highest BCUT2D eigenvalue weighted by Gasteiger charge is 2.35. The summed E-state index contributed by atoms with van der Waals surface area (Å²) in [6, 6.07) is 5.97. The van der Waals surface area contributed by atoms with Crippen molar-refractivity contribution in [2.24, 2.45) is 5.92 Å². The molecule has 2 aliphatic rings. The first-order valence-corrected chi connectivity index (χ1v) is 9.98. The van der Waals surface area contributed by atoms with Gasteiger partial charge in [0.2, 0.25) is 11.8 Å². The lowest BCUT2D eigenvalue weighted by Crippen LogP contribution is -2.47. The summed E-state index contributed by atoms with van der Waals surface area (Å²) >= 11 is 0. The van der Waals surface area contributed by atoms with Crippen molar-refractivity contribution in [3.63, 3.8) is 0 Å². The molecular formula is C21H30N2O4. The fourth-order valence-electron chi connectivity index (χ4n) is 3.53. The van der Waals surface area contributed by atoms with Gasteiger partial charge in [-0.1, -0.05) is 6.07 Å². The van der Waals surface area contributed by atoms with Crippen LogP contribution < -0.4 is 14.8 Å². The van der Waals surface area contributed by atoms with Gasteiger partial charge in [-0.3, -0.25) is 9.59 Å². The molecule has 0 spiro atoms. The molecule has 27 heavy (non-hydrogen) atoms. The average Bonchev–Trinajstić information content (AvgIpc) is 3.53. The van der Waals surface area contributed by atoms with E-state index in [-0.39, 0.29) is 17.9 Å². The number of piperidine rings is 1. The Morgan fingerprint density at radius 3 is 2.52 bits per heavy atom. The molecule has 1 aliphatic heterocycles. The van der Waals surface area contributed by atoms with Crippen LogP contribution >= 0.6 is 0 Å². The Labute approximate surface area is 161 Å². The molecule has 148 valence electrons. The number of carbonyl (C=O) groups excluding carboxylic acids is 2. The molecule has 0 bridgehead atoms. The van der Waals surface area contributed by atoms with Crippen molar-refractivity contribution < 1.29 is 19.1 Å². The van der Waals surface area contributed by atoms with E-state index in [0.29, 0.717) is 31.1 Å². The van der Waals surface area contributed by atoms with Gasteiger partial charge in [-0.05, 0) is 56.7 Å². The molecule has 1 N–H and O–H groups in total. The molecule has 1 heterocycles. The van der Waals surface area contributed by atoms with Crippen molar-refractivity contribution in [3.05, 3.63) is 23.8 Å². The minimum Gasteiger partial charge on any atom is -0.493 e. The molecular weight excluding hydrogens is 344 g/mol. The summed E-state index contributed by atoms with van der Waals surface area (Å²) in [6.45, 7) is 4.04. The van der Waals surface area contributed by atoms with Crippen LogP contribution in [0.25, 0.3) is 0 Å². The van der Waals surface area contributed by atoms with Crippen LogP contribution in [0.2, 0.25) is 0 Å². The van der Waals surface area contributed by atoms with Crippen LogP contribution in [0.3, 0.4) is 0 Å². The Balaban J connectivity index is 1.41. The van der Waals surface area contributed by atoms with Crippen molar-refractivity contribution in [1.82, 2.24) is 10.2 Å². The highest BCUT2D eigenvalue weighted by Crippen LogP contribution is 2.32. The number of amides is 2. The molecule has 0 aromatic heterocycles. The number of likely N-dealkylation sites (tertiary alicyclic amines) is 1. The molecule has 1 saturated carbocycles. The number of carbonyl (C=O) groups is 2. The zero-order chi connectivity index (χ0) is 19.2. The number of aryl methyl sites for hydroxylation is 1. The third kappa shape index (κ3) is 5.37. The van der Waals surface area contributed by atoms with Gasteiger partial charge >= 0.3 is 0 Å². The Morgan fingerprint density at radius 1 is 1.15 bits per heavy atom. The highest BCUT2D eigenvalue weighted by molar-refractivity contribution is 5.81. The van der Waals surface area contributed by atoms with Gasteiger partial charge in [0.15, 0.2) is 11.5 Å². The second kappa shape index (κ2) is 9.11. The van der Waals surface area contributed by atoms with E-state index in [1.165, 1.54) is 0 Å². The Hall–Kier alpha value is -2.24. The van der Waals surface area contributed by atoms with Crippen LogP contribution in [0.1, 0.15) is 44.6 Å². The Morgan fingerprint density at radius 2 is 1.89 bits per heavy atom. The maximum absolute atomic E-state index is 12.3. The van der Waals surface area contributed by atoms with Crippen molar-refractivity contribution in [3.8, 4) is 11.5 Å². The van der Waals surface area contributed by atoms with Crippen LogP contribution in [0.15, 0.2) is 18.2 Å². The lowest BCUT2D eigenvalue weighted by Gasteiger charge is -2.32. The van der Waals surface area contributed by atoms with Gasteiger partial charge < -0.3 is 19.7 Å².